The summed E-state index contributed by atoms with van der Waals surface area (Å²) in [6, 6.07) is 3.37. The third-order valence-electron chi connectivity index (χ3n) is 7.19. The fourth-order valence-electron chi connectivity index (χ4n) is 5.25. The Morgan fingerprint density at radius 3 is 2.38 bits per heavy atom. The lowest BCUT2D eigenvalue weighted by molar-refractivity contribution is 0.101. The molecule has 0 unspecified atom stereocenters. The van der Waals surface area contributed by atoms with Crippen molar-refractivity contribution >= 4 is 34.3 Å². The Hall–Kier alpha value is -4.29. The summed E-state index contributed by atoms with van der Waals surface area (Å²) >= 11 is 0. The van der Waals surface area contributed by atoms with Gasteiger partial charge in [-0.25, -0.2) is 9.97 Å². The first-order chi connectivity index (χ1) is 17.9. The summed E-state index contributed by atoms with van der Waals surface area (Å²) in [6.07, 6.45) is 6.74. The maximum absolute atomic E-state index is 13.4. The molecule has 37 heavy (non-hydrogen) atoms. The van der Waals surface area contributed by atoms with E-state index in [1.807, 2.05) is 6.07 Å². The predicted octanol–water partition coefficient (Wildman–Crippen LogP) is 3.44. The van der Waals surface area contributed by atoms with E-state index in [1.165, 1.54) is 18.1 Å². The number of aryl methyl sites for hydroxylation is 1. The van der Waals surface area contributed by atoms with Crippen molar-refractivity contribution < 1.29 is 4.79 Å². The number of aromatic nitrogens is 4. The van der Waals surface area contributed by atoms with Crippen LogP contribution in [0.3, 0.4) is 0 Å². The van der Waals surface area contributed by atoms with Crippen LogP contribution in [0.2, 0.25) is 0 Å². The smallest absolute Gasteiger partial charge is 0.263 e. The van der Waals surface area contributed by atoms with E-state index in [0.717, 1.165) is 36.4 Å². The van der Waals surface area contributed by atoms with E-state index < -0.39 is 0 Å². The van der Waals surface area contributed by atoms with Crippen LogP contribution in [0.15, 0.2) is 39.9 Å². The third kappa shape index (κ3) is 4.41. The normalized spacial score (nSPS) is 16.3. The average molecular weight is 506 g/mol. The molecule has 0 atom stereocenters. The molecule has 13 heteroatoms. The van der Waals surface area contributed by atoms with Crippen LogP contribution in [0.25, 0.3) is 11.0 Å². The Balaban J connectivity index is 1.53. The number of pyridine rings is 2. The molecular formula is C24H27N9O4. The van der Waals surface area contributed by atoms with Crippen LogP contribution in [0.4, 0.5) is 17.5 Å². The van der Waals surface area contributed by atoms with Crippen LogP contribution in [0, 0.1) is 16.7 Å². The zero-order chi connectivity index (χ0) is 26.1. The van der Waals surface area contributed by atoms with Crippen LogP contribution < -0.4 is 15.5 Å². The number of carbonyl (C=O) groups is 1. The molecule has 4 heterocycles. The summed E-state index contributed by atoms with van der Waals surface area (Å²) in [5.41, 5.74) is 1.50. The molecule has 2 fully saturated rings. The molecule has 1 aliphatic carbocycles. The molecule has 192 valence electrons. The highest BCUT2D eigenvalue weighted by molar-refractivity contribution is 5.99. The molecule has 3 aromatic heterocycles. The summed E-state index contributed by atoms with van der Waals surface area (Å²) < 4.78 is 1.59. The van der Waals surface area contributed by atoms with Gasteiger partial charge in [0, 0.05) is 30.7 Å². The van der Waals surface area contributed by atoms with Gasteiger partial charge >= 0.3 is 0 Å². The van der Waals surface area contributed by atoms with E-state index in [2.05, 4.69) is 30.4 Å². The molecule has 0 radical (unpaired) electrons. The van der Waals surface area contributed by atoms with Crippen molar-refractivity contribution in [3.8, 4) is 0 Å². The summed E-state index contributed by atoms with van der Waals surface area (Å²) in [6.45, 7) is 5.38. The molecule has 3 aromatic rings. The molecule has 0 aromatic carbocycles. The number of nitroso groups, excluding NO2 is 2. The maximum Gasteiger partial charge on any atom is 0.263 e. The number of anilines is 3. The molecule has 0 N–H and O–H groups in total. The van der Waals surface area contributed by atoms with Crippen LogP contribution in [-0.2, 0) is 0 Å². The number of ketones is 1. The van der Waals surface area contributed by atoms with Gasteiger partial charge in [0.1, 0.15) is 5.65 Å². The van der Waals surface area contributed by atoms with Crippen molar-refractivity contribution in [2.24, 2.45) is 10.6 Å². The summed E-state index contributed by atoms with van der Waals surface area (Å²) in [5.74, 6) is -0.0998. The lowest BCUT2D eigenvalue weighted by Crippen LogP contribution is -2.43. The lowest BCUT2D eigenvalue weighted by Gasteiger charge is -2.32. The first-order valence-electron chi connectivity index (χ1n) is 12.3. The third-order valence-corrected chi connectivity index (χ3v) is 7.19. The molecule has 0 spiro atoms. The summed E-state index contributed by atoms with van der Waals surface area (Å²) in [5, 5.41) is 9.11. The van der Waals surface area contributed by atoms with Crippen molar-refractivity contribution in [3.05, 3.63) is 55.8 Å². The van der Waals surface area contributed by atoms with Crippen LogP contribution in [0.1, 0.15) is 54.6 Å². The SMILES string of the molecule is CC(=O)c1c(C)c2cnc(N(N=O)c3ccc(N4CCN(N=O)CC4)cn3)nc2n(C2CCCC2)c1=O. The average Bonchev–Trinajstić information content (AvgIpc) is 3.44. The molecule has 1 saturated carbocycles. The van der Waals surface area contributed by atoms with Gasteiger partial charge in [0.2, 0.25) is 0 Å². The lowest BCUT2D eigenvalue weighted by atomic mass is 10.0. The van der Waals surface area contributed by atoms with Crippen molar-refractivity contribution in [3.63, 3.8) is 0 Å². The topological polar surface area (TPSA) is 146 Å². The van der Waals surface area contributed by atoms with Gasteiger partial charge < -0.3 is 4.90 Å². The van der Waals surface area contributed by atoms with Gasteiger partial charge in [-0.3, -0.25) is 19.2 Å². The van der Waals surface area contributed by atoms with Gasteiger partial charge in [0.25, 0.3) is 11.5 Å². The highest BCUT2D eigenvalue weighted by Crippen LogP contribution is 2.33. The van der Waals surface area contributed by atoms with E-state index in [4.69, 9.17) is 0 Å². The molecule has 1 saturated heterocycles. The molecule has 5 rings (SSSR count). The molecule has 0 amide bonds. The molecular weight excluding hydrogens is 478 g/mol. The quantitative estimate of drug-likeness (QED) is 0.266. The second-order valence-electron chi connectivity index (χ2n) is 9.37. The number of hydrogen-bond donors (Lipinski definition) is 0. The summed E-state index contributed by atoms with van der Waals surface area (Å²) in [7, 11) is 0. The Morgan fingerprint density at radius 2 is 1.78 bits per heavy atom. The van der Waals surface area contributed by atoms with E-state index in [0.29, 0.717) is 42.8 Å². The number of fused-ring (bicyclic) bond motifs is 1. The standard InChI is InChI=1S/C24H27N9O4/c1-15-19-14-26-24(27-22(19)32(17-5-3-4-6-17)23(35)21(15)16(2)34)33(29-37)20-8-7-18(13-25-20)30-9-11-31(28-36)12-10-30/h7-8,13-14,17H,3-6,9-12H2,1-2H3. The number of rotatable bonds is 7. The van der Waals surface area contributed by atoms with Crippen molar-refractivity contribution in [2.45, 2.75) is 45.6 Å². The number of carbonyl (C=O) groups excluding carboxylic acids is 1. The zero-order valence-electron chi connectivity index (χ0n) is 20.7. The maximum atomic E-state index is 13.4. The first kappa shape index (κ1) is 24.4. The van der Waals surface area contributed by atoms with E-state index in [1.54, 1.807) is 23.8 Å². The minimum atomic E-state index is -0.369. The summed E-state index contributed by atoms with van der Waals surface area (Å²) in [4.78, 5) is 63.8. The number of piperazine rings is 1. The highest BCUT2D eigenvalue weighted by Gasteiger charge is 2.27. The fourth-order valence-corrected chi connectivity index (χ4v) is 5.25. The van der Waals surface area contributed by atoms with Gasteiger partial charge in [-0.1, -0.05) is 12.8 Å². The number of hydrogen-bond acceptors (Lipinski definition) is 10. The van der Waals surface area contributed by atoms with E-state index in [9.17, 15) is 19.4 Å². The van der Waals surface area contributed by atoms with Gasteiger partial charge in [0.15, 0.2) is 11.6 Å². The van der Waals surface area contributed by atoms with E-state index in [-0.39, 0.29) is 34.7 Å². The van der Waals surface area contributed by atoms with Crippen molar-refractivity contribution in [1.29, 1.82) is 0 Å². The minimum absolute atomic E-state index is 0.0189. The van der Waals surface area contributed by atoms with Crippen molar-refractivity contribution in [2.75, 3.05) is 36.1 Å². The monoisotopic (exact) mass is 505 g/mol. The predicted molar refractivity (Wildman–Crippen MR) is 138 cm³/mol. The Kier molecular flexibility index (Phi) is 6.59. The van der Waals surface area contributed by atoms with Crippen LogP contribution in [0.5, 0.6) is 0 Å². The second kappa shape index (κ2) is 9.99. The van der Waals surface area contributed by atoms with Gasteiger partial charge in [0.05, 0.1) is 41.1 Å². The Bertz CT molecular complexity index is 1410. The Morgan fingerprint density at radius 1 is 1.05 bits per heavy atom. The molecule has 1 aliphatic heterocycles. The van der Waals surface area contributed by atoms with Gasteiger partial charge in [-0.2, -0.15) is 4.98 Å². The van der Waals surface area contributed by atoms with E-state index >= 15 is 0 Å². The van der Waals surface area contributed by atoms with Crippen LogP contribution in [-0.4, -0.2) is 56.5 Å². The number of Topliss-reactive ketones (excluding diaryl/α,β-unsaturated/α-hetero) is 1. The molecule has 13 nitrogen and oxygen atoms in total. The second-order valence-corrected chi connectivity index (χ2v) is 9.37. The van der Waals surface area contributed by atoms with Crippen molar-refractivity contribution in [1.82, 2.24) is 24.5 Å². The van der Waals surface area contributed by atoms with Crippen LogP contribution >= 0.6 is 0 Å². The minimum Gasteiger partial charge on any atom is -0.367 e. The molecule has 2 aliphatic rings. The fraction of sp³-hybridized carbons (Fsp3) is 0.458. The molecule has 0 bridgehead atoms. The highest BCUT2D eigenvalue weighted by atomic mass is 16.3. The van der Waals surface area contributed by atoms with Gasteiger partial charge in [-0.15, -0.1) is 14.8 Å². The Labute approximate surface area is 212 Å². The first-order valence-corrected chi connectivity index (χ1v) is 12.3. The van der Waals surface area contributed by atoms with Gasteiger partial charge in [-0.05, 0) is 44.4 Å². The zero-order valence-corrected chi connectivity index (χ0v) is 20.7. The largest absolute Gasteiger partial charge is 0.367 e. The number of nitrogens with zero attached hydrogens (tertiary/aromatic N) is 9.